The van der Waals surface area contributed by atoms with Crippen LogP contribution >= 0.6 is 39.3 Å². The van der Waals surface area contributed by atoms with Crippen LogP contribution in [0.1, 0.15) is 0 Å². The molecule has 100 valence electrons. The first-order chi connectivity index (χ1) is 8.43. The molecule has 0 saturated carbocycles. The number of thioether (sulfide) groups is 1. The van der Waals surface area contributed by atoms with Crippen LogP contribution in [0.2, 0.25) is 5.02 Å². The smallest absolute Gasteiger partial charge is 0.244 e. The van der Waals surface area contributed by atoms with Crippen molar-refractivity contribution in [1.82, 2.24) is 4.31 Å². The van der Waals surface area contributed by atoms with Crippen LogP contribution in [0.25, 0.3) is 0 Å². The Hall–Kier alpha value is 0.0500. The highest BCUT2D eigenvalue weighted by Gasteiger charge is 2.29. The van der Waals surface area contributed by atoms with Crippen LogP contribution in [0.15, 0.2) is 21.5 Å². The Morgan fingerprint density at radius 2 is 1.94 bits per heavy atom. The first-order valence-electron chi connectivity index (χ1n) is 5.25. The summed E-state index contributed by atoms with van der Waals surface area (Å²) >= 11 is 10.9. The molecule has 0 radical (unpaired) electrons. The standard InChI is InChI=1S/C10H12BrClN2O2S2/c11-10-8(13)5-7(12)6-9(10)18(15,16)14-1-3-17-4-2-14/h5-6H,1-4,13H2. The van der Waals surface area contributed by atoms with E-state index < -0.39 is 10.0 Å². The number of halogens is 2. The van der Waals surface area contributed by atoms with Crippen LogP contribution in [-0.2, 0) is 10.0 Å². The van der Waals surface area contributed by atoms with Crippen LogP contribution in [0.4, 0.5) is 5.69 Å². The van der Waals surface area contributed by atoms with Crippen molar-refractivity contribution in [2.24, 2.45) is 0 Å². The number of rotatable bonds is 2. The molecule has 0 atom stereocenters. The zero-order valence-electron chi connectivity index (χ0n) is 9.40. The van der Waals surface area contributed by atoms with E-state index >= 15 is 0 Å². The molecular weight excluding hydrogens is 360 g/mol. The van der Waals surface area contributed by atoms with Gasteiger partial charge in [0.15, 0.2) is 0 Å². The largest absolute Gasteiger partial charge is 0.398 e. The van der Waals surface area contributed by atoms with Crippen molar-refractivity contribution in [2.75, 3.05) is 30.3 Å². The van der Waals surface area contributed by atoms with E-state index in [-0.39, 0.29) is 4.90 Å². The van der Waals surface area contributed by atoms with Gasteiger partial charge in [-0.25, -0.2) is 8.42 Å². The van der Waals surface area contributed by atoms with E-state index in [0.717, 1.165) is 11.5 Å². The molecule has 2 rings (SSSR count). The van der Waals surface area contributed by atoms with E-state index in [0.29, 0.717) is 28.3 Å². The Balaban J connectivity index is 2.46. The van der Waals surface area contributed by atoms with Gasteiger partial charge in [0, 0.05) is 35.3 Å². The van der Waals surface area contributed by atoms with Gasteiger partial charge in [0.05, 0.1) is 9.37 Å². The van der Waals surface area contributed by atoms with Gasteiger partial charge in [0.2, 0.25) is 10.0 Å². The number of hydrogen-bond donors (Lipinski definition) is 1. The predicted molar refractivity (Wildman–Crippen MR) is 79.6 cm³/mol. The zero-order chi connectivity index (χ0) is 13.3. The highest BCUT2D eigenvalue weighted by atomic mass is 79.9. The Bertz CT molecular complexity index is 559. The average Bonchev–Trinajstić information content (AvgIpc) is 2.34. The molecule has 4 nitrogen and oxygen atoms in total. The van der Waals surface area contributed by atoms with Crippen molar-refractivity contribution in [3.63, 3.8) is 0 Å². The minimum atomic E-state index is -3.53. The fourth-order valence-corrected chi connectivity index (χ4v) is 5.53. The van der Waals surface area contributed by atoms with Crippen molar-refractivity contribution in [3.8, 4) is 0 Å². The molecule has 1 aliphatic heterocycles. The molecular formula is C10H12BrClN2O2S2. The summed E-state index contributed by atoms with van der Waals surface area (Å²) in [7, 11) is -3.53. The van der Waals surface area contributed by atoms with Gasteiger partial charge in [0.25, 0.3) is 0 Å². The lowest BCUT2D eigenvalue weighted by Gasteiger charge is -2.26. The third kappa shape index (κ3) is 2.80. The van der Waals surface area contributed by atoms with E-state index in [2.05, 4.69) is 15.9 Å². The molecule has 1 fully saturated rings. The Kier molecular flexibility index (Phi) is 4.48. The van der Waals surface area contributed by atoms with Crippen LogP contribution in [0.3, 0.4) is 0 Å². The van der Waals surface area contributed by atoms with E-state index in [1.54, 1.807) is 11.8 Å². The summed E-state index contributed by atoms with van der Waals surface area (Å²) < 4.78 is 26.8. The minimum absolute atomic E-state index is 0.138. The fraction of sp³-hybridized carbons (Fsp3) is 0.400. The number of nitrogens with two attached hydrogens (primary N) is 1. The van der Waals surface area contributed by atoms with Gasteiger partial charge in [0.1, 0.15) is 0 Å². The highest BCUT2D eigenvalue weighted by molar-refractivity contribution is 9.10. The van der Waals surface area contributed by atoms with Crippen molar-refractivity contribution >= 4 is 55.0 Å². The molecule has 0 amide bonds. The van der Waals surface area contributed by atoms with Crippen LogP contribution in [0.5, 0.6) is 0 Å². The maximum absolute atomic E-state index is 12.5. The van der Waals surface area contributed by atoms with Crippen LogP contribution < -0.4 is 5.73 Å². The Morgan fingerprint density at radius 1 is 1.33 bits per heavy atom. The number of benzene rings is 1. The minimum Gasteiger partial charge on any atom is -0.398 e. The third-order valence-electron chi connectivity index (χ3n) is 2.62. The first kappa shape index (κ1) is 14.5. The van der Waals surface area contributed by atoms with Gasteiger partial charge in [-0.05, 0) is 28.1 Å². The Labute approximate surface area is 124 Å². The average molecular weight is 372 g/mol. The topological polar surface area (TPSA) is 63.4 Å². The molecule has 0 spiro atoms. The van der Waals surface area contributed by atoms with Crippen LogP contribution in [-0.4, -0.2) is 37.3 Å². The number of nitrogens with zero attached hydrogens (tertiary/aromatic N) is 1. The van der Waals surface area contributed by atoms with Crippen molar-refractivity contribution in [2.45, 2.75) is 4.90 Å². The number of hydrogen-bond acceptors (Lipinski definition) is 4. The summed E-state index contributed by atoms with van der Waals surface area (Å²) in [5.74, 6) is 1.62. The van der Waals surface area contributed by atoms with E-state index in [4.69, 9.17) is 17.3 Å². The summed E-state index contributed by atoms with van der Waals surface area (Å²) in [6, 6.07) is 2.95. The monoisotopic (exact) mass is 370 g/mol. The molecule has 1 aromatic carbocycles. The molecule has 1 aliphatic rings. The molecule has 0 aliphatic carbocycles. The van der Waals surface area contributed by atoms with Crippen molar-refractivity contribution < 1.29 is 8.42 Å². The molecule has 0 bridgehead atoms. The molecule has 2 N–H and O–H groups in total. The van der Waals surface area contributed by atoms with Crippen molar-refractivity contribution in [3.05, 3.63) is 21.6 Å². The fourth-order valence-electron chi connectivity index (χ4n) is 1.70. The Morgan fingerprint density at radius 3 is 2.56 bits per heavy atom. The maximum Gasteiger partial charge on any atom is 0.244 e. The lowest BCUT2D eigenvalue weighted by molar-refractivity contribution is 0.443. The molecule has 1 saturated heterocycles. The summed E-state index contributed by atoms with van der Waals surface area (Å²) in [6.07, 6.45) is 0. The summed E-state index contributed by atoms with van der Waals surface area (Å²) in [4.78, 5) is 0.138. The molecule has 1 heterocycles. The second kappa shape index (κ2) is 5.58. The number of sulfonamides is 1. The number of nitrogen functional groups attached to an aromatic ring is 1. The second-order valence-corrected chi connectivity index (χ2v) is 8.18. The maximum atomic E-state index is 12.5. The van der Waals surface area contributed by atoms with Crippen molar-refractivity contribution in [1.29, 1.82) is 0 Å². The van der Waals surface area contributed by atoms with E-state index in [9.17, 15) is 8.42 Å². The van der Waals surface area contributed by atoms with Gasteiger partial charge in [-0.3, -0.25) is 0 Å². The summed E-state index contributed by atoms with van der Waals surface area (Å²) in [6.45, 7) is 1.04. The SMILES string of the molecule is Nc1cc(Cl)cc(S(=O)(=O)N2CCSCC2)c1Br. The van der Waals surface area contributed by atoms with Gasteiger partial charge < -0.3 is 5.73 Å². The second-order valence-electron chi connectivity index (χ2n) is 3.82. The molecule has 8 heteroatoms. The summed E-state index contributed by atoms with van der Waals surface area (Å²) in [5, 5.41) is 0.320. The molecule has 18 heavy (non-hydrogen) atoms. The highest BCUT2D eigenvalue weighted by Crippen LogP contribution is 2.33. The number of anilines is 1. The van der Waals surface area contributed by atoms with Gasteiger partial charge in [-0.15, -0.1) is 0 Å². The van der Waals surface area contributed by atoms with E-state index in [1.165, 1.54) is 16.4 Å². The molecule has 0 aromatic heterocycles. The molecule has 1 aromatic rings. The van der Waals surface area contributed by atoms with Gasteiger partial charge in [-0.2, -0.15) is 16.1 Å². The summed E-state index contributed by atoms with van der Waals surface area (Å²) in [5.41, 5.74) is 6.06. The first-order valence-corrected chi connectivity index (χ1v) is 9.02. The third-order valence-corrected chi connectivity index (χ3v) is 6.85. The quantitative estimate of drug-likeness (QED) is 0.811. The van der Waals surface area contributed by atoms with E-state index in [1.807, 2.05) is 0 Å². The molecule has 0 unspecified atom stereocenters. The van der Waals surface area contributed by atoms with Crippen LogP contribution in [0, 0.1) is 0 Å². The zero-order valence-corrected chi connectivity index (χ0v) is 13.4. The van der Waals surface area contributed by atoms with Gasteiger partial charge in [-0.1, -0.05) is 11.6 Å². The normalized spacial score (nSPS) is 17.9. The predicted octanol–water partition coefficient (Wildman–Crippen LogP) is 2.42. The van der Waals surface area contributed by atoms with Gasteiger partial charge >= 0.3 is 0 Å². The lowest BCUT2D eigenvalue weighted by Crippen LogP contribution is -2.38. The lowest BCUT2D eigenvalue weighted by atomic mass is 10.3.